The monoisotopic (exact) mass is 507 g/mol. The third-order valence-corrected chi connectivity index (χ3v) is 6.50. The second-order valence-corrected chi connectivity index (χ2v) is 9.37. The van der Waals surface area contributed by atoms with Gasteiger partial charge < -0.3 is 4.90 Å². The normalized spacial score (nSPS) is 17.1. The van der Waals surface area contributed by atoms with Gasteiger partial charge in [0, 0.05) is 24.7 Å². The van der Waals surface area contributed by atoms with Crippen molar-refractivity contribution in [3.8, 4) is 11.8 Å². The molecule has 2 aliphatic rings. The zero-order valence-electron chi connectivity index (χ0n) is 21.6. The molecule has 1 saturated heterocycles. The van der Waals surface area contributed by atoms with Crippen molar-refractivity contribution in [2.24, 2.45) is 11.8 Å². The molecule has 192 valence electrons. The zero-order chi connectivity index (χ0) is 27.1. The highest BCUT2D eigenvalue weighted by Gasteiger charge is 2.46. The van der Waals surface area contributed by atoms with E-state index in [9.17, 15) is 9.18 Å². The SMILES string of the molecule is C=C/C=C\C.Cc1ccc2cnn(-c3ccc(F)cc3)c2c1.N#Cc1ccc(C(=O)N2CC3CC3C2)nc1. The maximum absolute atomic E-state index is 12.9. The number of nitriles is 1. The summed E-state index contributed by atoms with van der Waals surface area (Å²) in [5, 5.41) is 14.0. The lowest BCUT2D eigenvalue weighted by Gasteiger charge is -2.16. The number of likely N-dealkylation sites (tertiary alicyclic amines) is 1. The number of allylic oxidation sites excluding steroid dienone is 3. The second-order valence-electron chi connectivity index (χ2n) is 9.37. The minimum atomic E-state index is -0.235. The van der Waals surface area contributed by atoms with Crippen LogP contribution < -0.4 is 0 Å². The Morgan fingerprint density at radius 3 is 2.42 bits per heavy atom. The first-order valence-corrected chi connectivity index (χ1v) is 12.5. The molecule has 2 unspecified atom stereocenters. The maximum Gasteiger partial charge on any atom is 0.272 e. The van der Waals surface area contributed by atoms with Crippen molar-refractivity contribution in [2.45, 2.75) is 20.3 Å². The first-order valence-electron chi connectivity index (χ1n) is 12.5. The fourth-order valence-corrected chi connectivity index (χ4v) is 4.37. The number of fused-ring (bicyclic) bond motifs is 2. The molecular weight excluding hydrogens is 477 g/mol. The van der Waals surface area contributed by atoms with E-state index in [0.717, 1.165) is 41.5 Å². The molecule has 2 atom stereocenters. The van der Waals surface area contributed by atoms with E-state index < -0.39 is 0 Å². The smallest absolute Gasteiger partial charge is 0.272 e. The Kier molecular flexibility index (Phi) is 8.44. The van der Waals surface area contributed by atoms with Crippen LogP contribution in [0.1, 0.15) is 35.0 Å². The fourth-order valence-electron chi connectivity index (χ4n) is 4.37. The average molecular weight is 508 g/mol. The first kappa shape index (κ1) is 26.5. The van der Waals surface area contributed by atoms with Gasteiger partial charge in [-0.05, 0) is 80.1 Å². The van der Waals surface area contributed by atoms with Gasteiger partial charge in [0.2, 0.25) is 0 Å². The van der Waals surface area contributed by atoms with E-state index in [1.807, 2.05) is 53.9 Å². The highest BCUT2D eigenvalue weighted by Crippen LogP contribution is 2.45. The van der Waals surface area contributed by atoms with E-state index in [2.05, 4.69) is 28.8 Å². The van der Waals surface area contributed by atoms with Crippen LogP contribution in [0.4, 0.5) is 4.39 Å². The van der Waals surface area contributed by atoms with E-state index in [1.54, 1.807) is 30.3 Å². The van der Waals surface area contributed by atoms with Crippen molar-refractivity contribution in [1.82, 2.24) is 19.7 Å². The van der Waals surface area contributed by atoms with E-state index in [1.165, 1.54) is 30.3 Å². The quantitative estimate of drug-likeness (QED) is 0.307. The number of rotatable bonds is 3. The van der Waals surface area contributed by atoms with Crippen molar-refractivity contribution >= 4 is 16.8 Å². The van der Waals surface area contributed by atoms with Crippen LogP contribution in [0.3, 0.4) is 0 Å². The van der Waals surface area contributed by atoms with E-state index in [4.69, 9.17) is 5.26 Å². The Labute approximate surface area is 222 Å². The third kappa shape index (κ3) is 6.40. The molecule has 2 aromatic carbocycles. The Hall–Kier alpha value is -4.57. The van der Waals surface area contributed by atoms with Crippen LogP contribution in [0.2, 0.25) is 0 Å². The molecular formula is C31H30FN5O. The van der Waals surface area contributed by atoms with Gasteiger partial charge in [-0.3, -0.25) is 4.79 Å². The minimum Gasteiger partial charge on any atom is -0.337 e. The lowest BCUT2D eigenvalue weighted by Crippen LogP contribution is -2.30. The van der Waals surface area contributed by atoms with Crippen LogP contribution in [-0.4, -0.2) is 38.7 Å². The molecule has 0 bridgehead atoms. The number of hydrogen-bond acceptors (Lipinski definition) is 4. The Balaban J connectivity index is 0.000000151. The van der Waals surface area contributed by atoms with Crippen molar-refractivity contribution in [2.75, 3.05) is 13.1 Å². The van der Waals surface area contributed by atoms with Crippen LogP contribution in [-0.2, 0) is 0 Å². The van der Waals surface area contributed by atoms with Crippen LogP contribution in [0, 0.1) is 35.9 Å². The van der Waals surface area contributed by atoms with Crippen molar-refractivity contribution in [3.63, 3.8) is 0 Å². The molecule has 1 saturated carbocycles. The van der Waals surface area contributed by atoms with Gasteiger partial charge in [0.05, 0.1) is 23.0 Å². The van der Waals surface area contributed by atoms with Gasteiger partial charge in [-0.2, -0.15) is 10.4 Å². The van der Waals surface area contributed by atoms with Crippen molar-refractivity contribution in [1.29, 1.82) is 5.26 Å². The molecule has 1 amide bonds. The first-order chi connectivity index (χ1) is 18.4. The van der Waals surface area contributed by atoms with Crippen molar-refractivity contribution in [3.05, 3.63) is 114 Å². The Morgan fingerprint density at radius 1 is 1.11 bits per heavy atom. The molecule has 0 spiro atoms. The molecule has 0 radical (unpaired) electrons. The van der Waals surface area contributed by atoms with Gasteiger partial charge in [-0.15, -0.1) is 0 Å². The molecule has 4 aromatic rings. The number of piperidine rings is 1. The van der Waals surface area contributed by atoms with Gasteiger partial charge in [0.1, 0.15) is 17.6 Å². The lowest BCUT2D eigenvalue weighted by atomic mass is 10.2. The number of carbonyl (C=O) groups is 1. The highest BCUT2D eigenvalue weighted by molar-refractivity contribution is 5.92. The van der Waals surface area contributed by atoms with Gasteiger partial charge in [-0.1, -0.05) is 36.9 Å². The molecule has 1 aliphatic carbocycles. The summed E-state index contributed by atoms with van der Waals surface area (Å²) in [6.45, 7) is 9.23. The largest absolute Gasteiger partial charge is 0.337 e. The van der Waals surface area contributed by atoms with Gasteiger partial charge in [0.15, 0.2) is 0 Å². The van der Waals surface area contributed by atoms with Crippen LogP contribution in [0.25, 0.3) is 16.6 Å². The summed E-state index contributed by atoms with van der Waals surface area (Å²) in [5.41, 5.74) is 4.02. The number of aryl methyl sites for hydroxylation is 1. The third-order valence-electron chi connectivity index (χ3n) is 6.50. The van der Waals surface area contributed by atoms with Gasteiger partial charge >= 0.3 is 0 Å². The molecule has 6 rings (SSSR count). The molecule has 38 heavy (non-hydrogen) atoms. The van der Waals surface area contributed by atoms with E-state index >= 15 is 0 Å². The number of benzene rings is 2. The van der Waals surface area contributed by atoms with Gasteiger partial charge in [-0.25, -0.2) is 14.1 Å². The van der Waals surface area contributed by atoms with Crippen LogP contribution in [0.5, 0.6) is 0 Å². The number of amides is 1. The standard InChI is InChI=1S/C14H11FN2.C12H11N3O.C5H8/c1-10-2-3-11-9-16-17(14(11)8-10)13-6-4-12(15)5-7-13;13-4-8-1-2-11(14-5-8)12(16)15-6-9-3-10(9)7-15;1-3-5-4-2/h2-9H,1H3;1-2,5,9-10H,3,6-7H2;3-5H,1H2,2H3/b;;5-4-. The molecule has 2 aromatic heterocycles. The minimum absolute atomic E-state index is 0.00307. The number of nitrogens with zero attached hydrogens (tertiary/aromatic N) is 5. The summed E-state index contributed by atoms with van der Waals surface area (Å²) in [6.07, 6.45) is 10.1. The average Bonchev–Trinajstić information content (AvgIpc) is 3.33. The summed E-state index contributed by atoms with van der Waals surface area (Å²) in [4.78, 5) is 17.9. The Morgan fingerprint density at radius 2 is 1.84 bits per heavy atom. The molecule has 2 fully saturated rings. The summed E-state index contributed by atoms with van der Waals surface area (Å²) < 4.78 is 14.7. The number of pyridine rings is 1. The molecule has 3 heterocycles. The van der Waals surface area contributed by atoms with E-state index in [0.29, 0.717) is 11.3 Å². The van der Waals surface area contributed by atoms with Crippen LogP contribution >= 0.6 is 0 Å². The lowest BCUT2D eigenvalue weighted by molar-refractivity contribution is 0.0769. The summed E-state index contributed by atoms with van der Waals surface area (Å²) >= 11 is 0. The van der Waals surface area contributed by atoms with Crippen LogP contribution in [0.15, 0.2) is 91.8 Å². The van der Waals surface area contributed by atoms with Gasteiger partial charge in [0.25, 0.3) is 5.91 Å². The summed E-state index contributed by atoms with van der Waals surface area (Å²) in [7, 11) is 0. The summed E-state index contributed by atoms with van der Waals surface area (Å²) in [6, 6.07) is 17.8. The second kappa shape index (κ2) is 12.1. The molecule has 0 N–H and O–H groups in total. The molecule has 7 heteroatoms. The summed E-state index contributed by atoms with van der Waals surface area (Å²) in [5.74, 6) is 1.24. The maximum atomic E-state index is 12.9. The fraction of sp³-hybridized carbons (Fsp3) is 0.226. The molecule has 6 nitrogen and oxygen atoms in total. The topological polar surface area (TPSA) is 74.8 Å². The van der Waals surface area contributed by atoms with Crippen molar-refractivity contribution < 1.29 is 9.18 Å². The number of carbonyl (C=O) groups excluding carboxylic acids is 1. The molecule has 1 aliphatic heterocycles. The predicted molar refractivity (Wildman–Crippen MR) is 147 cm³/mol. The predicted octanol–water partition coefficient (Wildman–Crippen LogP) is 6.27. The number of hydrogen-bond donors (Lipinski definition) is 0. The van der Waals surface area contributed by atoms with E-state index in [-0.39, 0.29) is 11.7 Å². The number of aromatic nitrogens is 3. The highest BCUT2D eigenvalue weighted by atomic mass is 19.1. The zero-order valence-corrected chi connectivity index (χ0v) is 21.6. The number of halogens is 1. The Bertz CT molecular complexity index is 1470.